The molecule has 2 heterocycles. The zero-order chi connectivity index (χ0) is 29.7. The number of rotatable bonds is 8. The lowest BCUT2D eigenvalue weighted by atomic mass is 10.1. The van der Waals surface area contributed by atoms with Gasteiger partial charge in [-0.3, -0.25) is 9.55 Å². The Hall–Kier alpha value is -0.409. The van der Waals surface area contributed by atoms with Gasteiger partial charge in [-0.05, 0) is 60.5 Å². The van der Waals surface area contributed by atoms with Gasteiger partial charge in [-0.2, -0.15) is 0 Å². The Balaban J connectivity index is 2.65. The van der Waals surface area contributed by atoms with Crippen LogP contribution in [-0.4, -0.2) is 59.4 Å². The highest BCUT2D eigenvalue weighted by atomic mass is 32.1. The first kappa shape index (κ1) is 33.8. The Bertz CT molecular complexity index is 1080. The van der Waals surface area contributed by atoms with Crippen LogP contribution in [0.15, 0.2) is 17.1 Å². The van der Waals surface area contributed by atoms with Crippen LogP contribution in [-0.2, 0) is 18.0 Å². The van der Waals surface area contributed by atoms with E-state index in [1.54, 1.807) is 16.8 Å². The van der Waals surface area contributed by atoms with Crippen LogP contribution in [0.3, 0.4) is 0 Å². The van der Waals surface area contributed by atoms with E-state index in [1.165, 1.54) is 0 Å². The molecule has 0 spiro atoms. The van der Waals surface area contributed by atoms with Gasteiger partial charge in [0.2, 0.25) is 0 Å². The molecule has 1 aromatic heterocycles. The first-order valence-corrected chi connectivity index (χ1v) is 22.9. The fourth-order valence-electron chi connectivity index (χ4n) is 3.50. The molecule has 0 unspecified atom stereocenters. The van der Waals surface area contributed by atoms with E-state index < -0.39 is 37.3 Å². The minimum atomic E-state index is -2.28. The van der Waals surface area contributed by atoms with E-state index in [0.29, 0.717) is 11.2 Å². The molecule has 1 fully saturated rings. The molecule has 1 aliphatic rings. The Morgan fingerprint density at radius 2 is 1.29 bits per heavy atom. The molecule has 1 saturated heterocycles. The van der Waals surface area contributed by atoms with Gasteiger partial charge in [-0.1, -0.05) is 74.5 Å². The topological polar surface area (TPSA) is 74.7 Å². The Labute approximate surface area is 239 Å². The van der Waals surface area contributed by atoms with Gasteiger partial charge in [0, 0.05) is 6.20 Å². The van der Waals surface area contributed by atoms with Gasteiger partial charge in [0.25, 0.3) is 0 Å². The molecule has 0 aromatic carbocycles. The van der Waals surface area contributed by atoms with Gasteiger partial charge in [0.1, 0.15) is 23.0 Å². The normalized spacial score (nSPS) is 24.2. The van der Waals surface area contributed by atoms with Crippen LogP contribution in [0.1, 0.15) is 68.5 Å². The predicted octanol–water partition coefficient (Wildman–Crippen LogP) is 7.61. The minimum Gasteiger partial charge on any atom is -0.414 e. The molecule has 0 aliphatic carbocycles. The van der Waals surface area contributed by atoms with Crippen LogP contribution >= 0.6 is 12.2 Å². The Morgan fingerprint density at radius 3 is 1.71 bits per heavy atom. The molecule has 220 valence electrons. The van der Waals surface area contributed by atoms with E-state index in [-0.39, 0.29) is 33.0 Å². The molecule has 0 amide bonds. The van der Waals surface area contributed by atoms with Gasteiger partial charge in [0.05, 0.1) is 6.61 Å². The highest BCUT2D eigenvalue weighted by Gasteiger charge is 2.55. The Kier molecular flexibility index (Phi) is 9.88. The molecule has 2 rings (SSSR count). The van der Waals surface area contributed by atoms with Crippen molar-refractivity contribution in [3.8, 4) is 0 Å². The average molecular weight is 603 g/mol. The number of ether oxygens (including phenoxy) is 1. The van der Waals surface area contributed by atoms with Gasteiger partial charge >= 0.3 is 5.69 Å². The van der Waals surface area contributed by atoms with Crippen molar-refractivity contribution in [2.45, 2.75) is 141 Å². The van der Waals surface area contributed by atoms with Gasteiger partial charge in [-0.15, -0.1) is 0 Å². The second kappa shape index (κ2) is 11.1. The van der Waals surface area contributed by atoms with Crippen molar-refractivity contribution in [2.24, 2.45) is 0 Å². The molecule has 11 heteroatoms. The maximum Gasteiger partial charge on any atom is 0.328 e. The average Bonchev–Trinajstić information content (AvgIpc) is 3.00. The largest absolute Gasteiger partial charge is 0.414 e. The molecule has 0 saturated carbocycles. The first-order valence-electron chi connectivity index (χ1n) is 13.8. The third-order valence-corrected chi connectivity index (χ3v) is 23.0. The summed E-state index contributed by atoms with van der Waals surface area (Å²) in [5.41, 5.74) is -0.316. The molecular formula is C27H54N2O5SSi3. The van der Waals surface area contributed by atoms with E-state index in [0.717, 1.165) is 0 Å². The molecule has 1 aromatic rings. The number of nitrogens with one attached hydrogen (secondary N) is 1. The summed E-state index contributed by atoms with van der Waals surface area (Å²) in [6.45, 7) is 33.9. The standard InChI is InChI=1S/C27H54N2O5SSi3/c1-25(2,3)36(10,11)31-18-19-21(33-37(12,13)26(4,5)6)22(34-38(14,15)27(7,8)9)23(32-19)29-17-16-20(35)28-24(29)30/h16-17,19,21-23H,18H2,1-15H3,(H,28,30,35)/t19-,21-,22-,23-/m1/s1. The van der Waals surface area contributed by atoms with Crippen LogP contribution < -0.4 is 5.69 Å². The van der Waals surface area contributed by atoms with E-state index in [9.17, 15) is 4.79 Å². The lowest BCUT2D eigenvalue weighted by Crippen LogP contribution is -2.54. The molecule has 0 radical (unpaired) electrons. The number of nitrogens with zero attached hydrogens (tertiary/aromatic N) is 1. The molecule has 0 bridgehead atoms. The number of aromatic amines is 1. The van der Waals surface area contributed by atoms with Crippen LogP contribution in [0.5, 0.6) is 0 Å². The van der Waals surface area contributed by atoms with Crippen molar-refractivity contribution in [3.05, 3.63) is 27.4 Å². The van der Waals surface area contributed by atoms with E-state index in [2.05, 4.69) is 107 Å². The Morgan fingerprint density at radius 1 is 0.842 bits per heavy atom. The monoisotopic (exact) mass is 602 g/mol. The molecule has 38 heavy (non-hydrogen) atoms. The summed E-state index contributed by atoms with van der Waals surface area (Å²) in [5.74, 6) is 0. The van der Waals surface area contributed by atoms with Gasteiger partial charge < -0.3 is 18.0 Å². The van der Waals surface area contributed by atoms with E-state index in [1.807, 2.05) is 0 Å². The predicted molar refractivity (Wildman–Crippen MR) is 167 cm³/mol. The van der Waals surface area contributed by atoms with Crippen LogP contribution in [0.25, 0.3) is 0 Å². The van der Waals surface area contributed by atoms with Crippen LogP contribution in [0, 0.1) is 4.64 Å². The molecule has 1 N–H and O–H groups in total. The minimum absolute atomic E-state index is 0.00790. The van der Waals surface area contributed by atoms with Crippen molar-refractivity contribution in [1.82, 2.24) is 9.55 Å². The zero-order valence-electron chi connectivity index (χ0n) is 26.6. The zero-order valence-corrected chi connectivity index (χ0v) is 30.4. The summed E-state index contributed by atoms with van der Waals surface area (Å²) in [7, 11) is -6.58. The second-order valence-corrected chi connectivity index (χ2v) is 30.1. The van der Waals surface area contributed by atoms with Crippen molar-refractivity contribution in [2.75, 3.05) is 6.61 Å². The van der Waals surface area contributed by atoms with E-state index >= 15 is 0 Å². The number of H-pyrrole nitrogens is 1. The van der Waals surface area contributed by atoms with Crippen LogP contribution in [0.2, 0.25) is 54.4 Å². The summed E-state index contributed by atoms with van der Waals surface area (Å²) < 4.78 is 29.6. The lowest BCUT2D eigenvalue weighted by Gasteiger charge is -2.44. The molecule has 1 aliphatic heterocycles. The summed E-state index contributed by atoms with van der Waals surface area (Å²) in [5, 5.41) is 0.0193. The highest BCUT2D eigenvalue weighted by Crippen LogP contribution is 2.46. The van der Waals surface area contributed by atoms with Crippen molar-refractivity contribution in [3.63, 3.8) is 0 Å². The second-order valence-electron chi connectivity index (χ2n) is 15.3. The molecule has 7 nitrogen and oxygen atoms in total. The fraction of sp³-hybridized carbons (Fsp3) is 0.852. The number of hydrogen-bond donors (Lipinski definition) is 1. The SMILES string of the molecule is CC(C)(C)[Si](C)(C)OC[C@H]1O[C@@H](n2ccc(=S)[nH]c2=O)[C@H](O[Si](C)(C)C(C)(C)C)[C@@H]1O[Si](C)(C)C(C)(C)C. The highest BCUT2D eigenvalue weighted by molar-refractivity contribution is 7.71. The van der Waals surface area contributed by atoms with Crippen molar-refractivity contribution >= 4 is 37.2 Å². The first-order chi connectivity index (χ1) is 16.8. The fourth-order valence-corrected chi connectivity index (χ4v) is 7.27. The van der Waals surface area contributed by atoms with Gasteiger partial charge in [0.15, 0.2) is 31.2 Å². The molecular weight excluding hydrogens is 549 g/mol. The summed E-state index contributed by atoms with van der Waals surface area (Å²) >= 11 is 5.21. The maximum atomic E-state index is 13.1. The molecule has 4 atom stereocenters. The summed E-state index contributed by atoms with van der Waals surface area (Å²) in [6.07, 6.45) is -0.191. The third kappa shape index (κ3) is 7.45. The lowest BCUT2D eigenvalue weighted by molar-refractivity contribution is -0.0510. The smallest absolute Gasteiger partial charge is 0.328 e. The van der Waals surface area contributed by atoms with Crippen molar-refractivity contribution < 1.29 is 18.0 Å². The van der Waals surface area contributed by atoms with Crippen molar-refractivity contribution in [1.29, 1.82) is 0 Å². The third-order valence-electron chi connectivity index (χ3n) is 9.30. The quantitative estimate of drug-likeness (QED) is 0.244. The van der Waals surface area contributed by atoms with Crippen LogP contribution in [0.4, 0.5) is 0 Å². The van der Waals surface area contributed by atoms with E-state index in [4.69, 9.17) is 30.2 Å². The number of aromatic nitrogens is 2. The maximum absolute atomic E-state index is 13.1. The number of hydrogen-bond acceptors (Lipinski definition) is 6. The summed E-state index contributed by atoms with van der Waals surface area (Å²) in [4.78, 5) is 15.9. The van der Waals surface area contributed by atoms with Gasteiger partial charge in [-0.25, -0.2) is 4.79 Å². The summed E-state index contributed by atoms with van der Waals surface area (Å²) in [6, 6.07) is 1.71.